The number of carbonyl (C=O) groups excluding carboxylic acids is 3. The Morgan fingerprint density at radius 3 is 1.92 bits per heavy atom. The van der Waals surface area contributed by atoms with Gasteiger partial charge in [0.2, 0.25) is 0 Å². The summed E-state index contributed by atoms with van der Waals surface area (Å²) >= 11 is 0. The topological polar surface area (TPSA) is 81.7 Å². The first-order valence-corrected chi connectivity index (χ1v) is 11.4. The number of nitrogens with one attached hydrogen (secondary N) is 1. The molecule has 0 heterocycles. The minimum absolute atomic E-state index is 0.316. The minimum Gasteiger partial charge on any atom is -0.454 e. The van der Waals surface area contributed by atoms with E-state index in [0.29, 0.717) is 29.0 Å². The summed E-state index contributed by atoms with van der Waals surface area (Å²) in [5.41, 5.74) is 4.22. The first-order valence-electron chi connectivity index (χ1n) is 11.4. The van der Waals surface area contributed by atoms with Crippen molar-refractivity contribution in [2.75, 3.05) is 11.9 Å². The Hall–Kier alpha value is -4.71. The highest BCUT2D eigenvalue weighted by Crippen LogP contribution is 2.16. The number of esters is 2. The van der Waals surface area contributed by atoms with Gasteiger partial charge in [0, 0.05) is 17.8 Å². The predicted molar refractivity (Wildman–Crippen MR) is 137 cm³/mol. The standard InChI is InChI=1S/C30H25NO5/c1-21-7-11-25(12-8-21)30(34)36-27-17-15-23(16-18-27)28(32)20-35-29(33)24-13-9-22(10-14-24)19-31-26-5-3-2-4-6-26/h2-18,31H,19-20H2,1H3. The maximum absolute atomic E-state index is 12.4. The van der Waals surface area contributed by atoms with Crippen LogP contribution in [-0.2, 0) is 11.3 Å². The molecule has 0 bridgehead atoms. The lowest BCUT2D eigenvalue weighted by molar-refractivity contribution is 0.0474. The van der Waals surface area contributed by atoms with Gasteiger partial charge in [-0.3, -0.25) is 4.79 Å². The Labute approximate surface area is 209 Å². The number of ketones is 1. The molecule has 0 fully saturated rings. The van der Waals surface area contributed by atoms with E-state index in [4.69, 9.17) is 9.47 Å². The highest BCUT2D eigenvalue weighted by molar-refractivity contribution is 5.99. The van der Waals surface area contributed by atoms with Crippen LogP contribution >= 0.6 is 0 Å². The molecule has 0 aromatic heterocycles. The van der Waals surface area contributed by atoms with E-state index in [1.54, 1.807) is 24.3 Å². The summed E-state index contributed by atoms with van der Waals surface area (Å²) in [5.74, 6) is -1.10. The third-order valence-electron chi connectivity index (χ3n) is 5.47. The van der Waals surface area contributed by atoms with Gasteiger partial charge < -0.3 is 14.8 Å². The van der Waals surface area contributed by atoms with Crippen molar-refractivity contribution in [2.24, 2.45) is 0 Å². The average molecular weight is 480 g/mol. The molecule has 0 aliphatic heterocycles. The van der Waals surface area contributed by atoms with Gasteiger partial charge in [-0.2, -0.15) is 0 Å². The highest BCUT2D eigenvalue weighted by Gasteiger charge is 2.13. The van der Waals surface area contributed by atoms with Crippen LogP contribution in [0.25, 0.3) is 0 Å². The number of Topliss-reactive ketones (excluding diaryl/α,β-unsaturated/α-hetero) is 1. The van der Waals surface area contributed by atoms with Crippen molar-refractivity contribution in [3.05, 3.63) is 131 Å². The third kappa shape index (κ3) is 6.67. The maximum atomic E-state index is 12.4. The molecular formula is C30H25NO5. The zero-order valence-electron chi connectivity index (χ0n) is 19.8. The molecule has 0 spiro atoms. The quantitative estimate of drug-likeness (QED) is 0.184. The second kappa shape index (κ2) is 11.6. The van der Waals surface area contributed by atoms with E-state index in [0.717, 1.165) is 16.8 Å². The molecule has 6 nitrogen and oxygen atoms in total. The lowest BCUT2D eigenvalue weighted by Crippen LogP contribution is -2.14. The van der Waals surface area contributed by atoms with Crippen molar-refractivity contribution < 1.29 is 23.9 Å². The number of hydrogen-bond acceptors (Lipinski definition) is 6. The van der Waals surface area contributed by atoms with E-state index in [1.807, 2.05) is 61.5 Å². The van der Waals surface area contributed by atoms with Gasteiger partial charge in [-0.05, 0) is 73.2 Å². The van der Waals surface area contributed by atoms with Crippen molar-refractivity contribution in [3.63, 3.8) is 0 Å². The lowest BCUT2D eigenvalue weighted by atomic mass is 10.1. The maximum Gasteiger partial charge on any atom is 0.343 e. The largest absolute Gasteiger partial charge is 0.454 e. The Morgan fingerprint density at radius 1 is 0.667 bits per heavy atom. The summed E-state index contributed by atoms with van der Waals surface area (Å²) in [6.07, 6.45) is 0. The lowest BCUT2D eigenvalue weighted by Gasteiger charge is -2.08. The molecule has 4 aromatic rings. The van der Waals surface area contributed by atoms with E-state index in [2.05, 4.69) is 5.32 Å². The predicted octanol–water partition coefficient (Wildman–Crippen LogP) is 5.87. The van der Waals surface area contributed by atoms with Crippen LogP contribution in [0.4, 0.5) is 5.69 Å². The van der Waals surface area contributed by atoms with E-state index in [-0.39, 0.29) is 5.78 Å². The Bertz CT molecular complexity index is 1330. The van der Waals surface area contributed by atoms with Gasteiger partial charge in [0.05, 0.1) is 11.1 Å². The molecule has 0 radical (unpaired) electrons. The average Bonchev–Trinajstić information content (AvgIpc) is 2.92. The monoisotopic (exact) mass is 479 g/mol. The van der Waals surface area contributed by atoms with Crippen molar-refractivity contribution in [1.82, 2.24) is 0 Å². The number of para-hydroxylation sites is 1. The first-order chi connectivity index (χ1) is 17.5. The molecule has 0 saturated heterocycles. The molecule has 1 N–H and O–H groups in total. The highest BCUT2D eigenvalue weighted by atomic mass is 16.5. The summed E-state index contributed by atoms with van der Waals surface area (Å²) < 4.78 is 10.5. The van der Waals surface area contributed by atoms with E-state index in [1.165, 1.54) is 24.3 Å². The Kier molecular flexibility index (Phi) is 7.88. The van der Waals surface area contributed by atoms with Gasteiger partial charge in [-0.15, -0.1) is 0 Å². The number of carbonyl (C=O) groups is 3. The van der Waals surface area contributed by atoms with Gasteiger partial charge in [-0.25, -0.2) is 9.59 Å². The smallest absolute Gasteiger partial charge is 0.343 e. The van der Waals surface area contributed by atoms with Gasteiger partial charge in [0.15, 0.2) is 12.4 Å². The molecule has 0 aliphatic carbocycles. The zero-order chi connectivity index (χ0) is 25.3. The summed E-state index contributed by atoms with van der Waals surface area (Å²) in [6.45, 7) is 2.16. The van der Waals surface area contributed by atoms with Crippen LogP contribution in [0.1, 0.15) is 42.2 Å². The van der Waals surface area contributed by atoms with Crippen molar-refractivity contribution >= 4 is 23.4 Å². The normalized spacial score (nSPS) is 10.4. The minimum atomic E-state index is -0.574. The van der Waals surface area contributed by atoms with Crippen LogP contribution in [0.3, 0.4) is 0 Å². The molecule has 4 rings (SSSR count). The van der Waals surface area contributed by atoms with Crippen LogP contribution in [0, 0.1) is 6.92 Å². The summed E-state index contributed by atoms with van der Waals surface area (Å²) in [6, 6.07) is 30.0. The van der Waals surface area contributed by atoms with Crippen LogP contribution in [0.5, 0.6) is 5.75 Å². The summed E-state index contributed by atoms with van der Waals surface area (Å²) in [5, 5.41) is 3.30. The molecule has 0 saturated carbocycles. The molecule has 180 valence electrons. The van der Waals surface area contributed by atoms with E-state index in [9.17, 15) is 14.4 Å². The van der Waals surface area contributed by atoms with Crippen molar-refractivity contribution in [3.8, 4) is 5.75 Å². The molecule has 4 aromatic carbocycles. The van der Waals surface area contributed by atoms with Crippen molar-refractivity contribution in [1.29, 1.82) is 0 Å². The van der Waals surface area contributed by atoms with E-state index < -0.39 is 18.5 Å². The second-order valence-electron chi connectivity index (χ2n) is 8.20. The Morgan fingerprint density at radius 2 is 1.25 bits per heavy atom. The number of hydrogen-bond donors (Lipinski definition) is 1. The molecule has 0 unspecified atom stereocenters. The molecule has 0 amide bonds. The zero-order valence-corrected chi connectivity index (χ0v) is 19.8. The van der Waals surface area contributed by atoms with Crippen molar-refractivity contribution in [2.45, 2.75) is 13.5 Å². The fraction of sp³-hybridized carbons (Fsp3) is 0.100. The molecular weight excluding hydrogens is 454 g/mol. The number of anilines is 1. The van der Waals surface area contributed by atoms with Gasteiger partial charge in [0.1, 0.15) is 5.75 Å². The Balaban J connectivity index is 1.25. The number of rotatable bonds is 9. The van der Waals surface area contributed by atoms with Crippen LogP contribution in [0.15, 0.2) is 103 Å². The fourth-order valence-electron chi connectivity index (χ4n) is 3.38. The molecule has 0 atom stereocenters. The number of benzene rings is 4. The summed E-state index contributed by atoms with van der Waals surface area (Å²) in [4.78, 5) is 37.0. The third-order valence-corrected chi connectivity index (χ3v) is 5.47. The van der Waals surface area contributed by atoms with Gasteiger partial charge in [0.25, 0.3) is 0 Å². The van der Waals surface area contributed by atoms with Crippen LogP contribution in [0.2, 0.25) is 0 Å². The van der Waals surface area contributed by atoms with Crippen LogP contribution < -0.4 is 10.1 Å². The molecule has 36 heavy (non-hydrogen) atoms. The summed E-state index contributed by atoms with van der Waals surface area (Å²) in [7, 11) is 0. The number of ether oxygens (including phenoxy) is 2. The first kappa shape index (κ1) is 24.4. The number of aryl methyl sites for hydroxylation is 1. The van der Waals surface area contributed by atoms with Crippen LogP contribution in [-0.4, -0.2) is 24.3 Å². The van der Waals surface area contributed by atoms with E-state index >= 15 is 0 Å². The molecule has 6 heteroatoms. The molecule has 0 aliphatic rings. The van der Waals surface area contributed by atoms with Gasteiger partial charge in [-0.1, -0.05) is 48.0 Å². The fourth-order valence-corrected chi connectivity index (χ4v) is 3.38. The second-order valence-corrected chi connectivity index (χ2v) is 8.20. The SMILES string of the molecule is Cc1ccc(C(=O)Oc2ccc(C(=O)COC(=O)c3ccc(CNc4ccccc4)cc3)cc2)cc1. The van der Waals surface area contributed by atoms with Gasteiger partial charge >= 0.3 is 11.9 Å².